The van der Waals surface area contributed by atoms with E-state index in [2.05, 4.69) is 0 Å². The van der Waals surface area contributed by atoms with Crippen molar-refractivity contribution in [3.05, 3.63) is 81.9 Å². The summed E-state index contributed by atoms with van der Waals surface area (Å²) in [7, 11) is 0. The molecular weight excluding hydrogens is 528 g/mol. The maximum Gasteiger partial charge on any atom is 0.416 e. The van der Waals surface area contributed by atoms with Crippen molar-refractivity contribution >= 4 is 11.6 Å². The molecular formula is C22H9ClF12. The highest BCUT2D eigenvalue weighted by Gasteiger charge is 2.38. The van der Waals surface area contributed by atoms with Crippen molar-refractivity contribution in [2.24, 2.45) is 0 Å². The van der Waals surface area contributed by atoms with Crippen LogP contribution in [0, 0.1) is 0 Å². The Balaban J connectivity index is 2.27. The molecule has 3 aromatic carbocycles. The second-order valence-electron chi connectivity index (χ2n) is 7.32. The summed E-state index contributed by atoms with van der Waals surface area (Å²) in [6, 6.07) is 3.88. The van der Waals surface area contributed by atoms with Crippen LogP contribution in [0.15, 0.2) is 54.6 Å². The van der Waals surface area contributed by atoms with E-state index in [0.717, 1.165) is 18.2 Å². The molecule has 13 heteroatoms. The summed E-state index contributed by atoms with van der Waals surface area (Å²) in [6.45, 7) is 0. The topological polar surface area (TPSA) is 0 Å². The zero-order chi connectivity index (χ0) is 26.6. The van der Waals surface area contributed by atoms with Crippen LogP contribution in [0.2, 0.25) is 5.02 Å². The van der Waals surface area contributed by atoms with E-state index in [4.69, 9.17) is 11.6 Å². The van der Waals surface area contributed by atoms with Gasteiger partial charge in [0.05, 0.1) is 22.3 Å². The van der Waals surface area contributed by atoms with Gasteiger partial charge in [0, 0.05) is 5.02 Å². The van der Waals surface area contributed by atoms with Gasteiger partial charge in [-0.15, -0.1) is 0 Å². The van der Waals surface area contributed by atoms with Crippen LogP contribution in [0.5, 0.6) is 0 Å². The standard InChI is InChI=1S/C22H9ClF12/c23-18-6-10(12-2-14(19(24,25)26)8-15(3-12)20(27,28)29)1-11(7-18)13-4-16(21(30,31)32)9-17(5-13)22(33,34)35/h1-9H. The van der Waals surface area contributed by atoms with Crippen molar-refractivity contribution < 1.29 is 52.7 Å². The Hall–Kier alpha value is -2.89. The SMILES string of the molecule is FC(F)(F)c1cc(-c2cc(Cl)cc(-c3cc(C(F)(F)F)cc(C(F)(F)F)c3)c2)cc(C(F)(F)F)c1. The lowest BCUT2D eigenvalue weighted by Crippen LogP contribution is -2.11. The summed E-state index contributed by atoms with van der Waals surface area (Å²) in [6.07, 6.45) is -20.7. The minimum atomic E-state index is -5.18. The Morgan fingerprint density at radius 3 is 0.800 bits per heavy atom. The molecule has 0 aromatic heterocycles. The fourth-order valence-electron chi connectivity index (χ4n) is 3.17. The largest absolute Gasteiger partial charge is 0.416 e. The first-order valence-corrected chi connectivity index (χ1v) is 9.53. The van der Waals surface area contributed by atoms with Crippen LogP contribution in [0.4, 0.5) is 52.7 Å². The average molecular weight is 537 g/mol. The van der Waals surface area contributed by atoms with Crippen LogP contribution in [0.25, 0.3) is 22.3 Å². The molecule has 0 bridgehead atoms. The summed E-state index contributed by atoms with van der Waals surface area (Å²) in [5, 5.41) is -0.352. The van der Waals surface area contributed by atoms with Gasteiger partial charge in [0.15, 0.2) is 0 Å². The number of halogens is 13. The van der Waals surface area contributed by atoms with Crippen molar-refractivity contribution in [3.63, 3.8) is 0 Å². The number of hydrogen-bond acceptors (Lipinski definition) is 0. The van der Waals surface area contributed by atoms with Crippen molar-refractivity contribution in [3.8, 4) is 22.3 Å². The zero-order valence-electron chi connectivity index (χ0n) is 16.6. The van der Waals surface area contributed by atoms with Gasteiger partial charge in [-0.25, -0.2) is 0 Å². The molecule has 0 aliphatic carbocycles. The van der Waals surface area contributed by atoms with E-state index in [1.165, 1.54) is 0 Å². The summed E-state index contributed by atoms with van der Waals surface area (Å²) < 4.78 is 158. The predicted molar refractivity (Wildman–Crippen MR) is 102 cm³/mol. The van der Waals surface area contributed by atoms with Gasteiger partial charge >= 0.3 is 24.7 Å². The van der Waals surface area contributed by atoms with E-state index in [1.807, 2.05) is 0 Å². The van der Waals surface area contributed by atoms with Gasteiger partial charge in [0.2, 0.25) is 0 Å². The number of hydrogen-bond donors (Lipinski definition) is 0. The Morgan fingerprint density at radius 2 is 0.571 bits per heavy atom. The molecule has 0 N–H and O–H groups in total. The van der Waals surface area contributed by atoms with Crippen molar-refractivity contribution in [1.82, 2.24) is 0 Å². The Bertz CT molecular complexity index is 1090. The minimum absolute atomic E-state index is 0.128. The van der Waals surface area contributed by atoms with Crippen molar-refractivity contribution in [2.75, 3.05) is 0 Å². The summed E-state index contributed by atoms with van der Waals surface area (Å²) in [5.41, 5.74) is -8.75. The van der Waals surface area contributed by atoms with E-state index in [9.17, 15) is 52.7 Å². The van der Waals surface area contributed by atoms with Gasteiger partial charge in [0.25, 0.3) is 0 Å². The molecule has 0 unspecified atom stereocenters. The number of rotatable bonds is 2. The van der Waals surface area contributed by atoms with E-state index in [-0.39, 0.29) is 17.2 Å². The van der Waals surface area contributed by atoms with E-state index in [1.54, 1.807) is 0 Å². The first kappa shape index (κ1) is 26.7. The Labute approximate surface area is 193 Å². The lowest BCUT2D eigenvalue weighted by Gasteiger charge is -2.16. The highest BCUT2D eigenvalue weighted by atomic mass is 35.5. The van der Waals surface area contributed by atoms with Gasteiger partial charge in [-0.1, -0.05) is 11.6 Å². The van der Waals surface area contributed by atoms with Gasteiger partial charge in [0.1, 0.15) is 0 Å². The van der Waals surface area contributed by atoms with Crippen LogP contribution in [0.1, 0.15) is 22.3 Å². The molecule has 0 aliphatic heterocycles. The van der Waals surface area contributed by atoms with Crippen LogP contribution in [-0.2, 0) is 24.7 Å². The molecule has 0 atom stereocenters. The molecule has 0 radical (unpaired) electrons. The molecule has 3 rings (SSSR count). The second-order valence-corrected chi connectivity index (χ2v) is 7.75. The molecule has 0 aliphatic rings. The summed E-state index contributed by atoms with van der Waals surface area (Å²) in [4.78, 5) is 0. The quantitative estimate of drug-likeness (QED) is 0.286. The molecule has 0 fully saturated rings. The van der Waals surface area contributed by atoms with Crippen LogP contribution < -0.4 is 0 Å². The number of alkyl halides is 12. The van der Waals surface area contributed by atoms with E-state index < -0.39 is 69.2 Å². The molecule has 0 amide bonds. The fourth-order valence-corrected chi connectivity index (χ4v) is 3.40. The van der Waals surface area contributed by atoms with Gasteiger partial charge in [-0.2, -0.15) is 52.7 Å². The number of benzene rings is 3. The maximum atomic E-state index is 13.2. The molecule has 3 aromatic rings. The Kier molecular flexibility index (Phi) is 6.60. The summed E-state index contributed by atoms with van der Waals surface area (Å²) >= 11 is 5.88. The second kappa shape index (κ2) is 8.65. The van der Waals surface area contributed by atoms with Gasteiger partial charge in [-0.3, -0.25) is 0 Å². The third-order valence-corrected chi connectivity index (χ3v) is 4.96. The molecule has 0 saturated carbocycles. The first-order valence-electron chi connectivity index (χ1n) is 9.15. The molecule has 0 saturated heterocycles. The third kappa shape index (κ3) is 6.22. The van der Waals surface area contributed by atoms with Crippen LogP contribution in [0.3, 0.4) is 0 Å². The highest BCUT2D eigenvalue weighted by Crippen LogP contribution is 2.42. The van der Waals surface area contributed by atoms with Gasteiger partial charge < -0.3 is 0 Å². The third-order valence-electron chi connectivity index (χ3n) is 4.74. The van der Waals surface area contributed by atoms with E-state index >= 15 is 0 Å². The fraction of sp³-hybridized carbons (Fsp3) is 0.182. The van der Waals surface area contributed by atoms with Gasteiger partial charge in [-0.05, 0) is 76.9 Å². The summed E-state index contributed by atoms with van der Waals surface area (Å²) in [5.74, 6) is 0. The minimum Gasteiger partial charge on any atom is -0.166 e. The monoisotopic (exact) mass is 536 g/mol. The lowest BCUT2D eigenvalue weighted by molar-refractivity contribution is -0.144. The zero-order valence-corrected chi connectivity index (χ0v) is 17.4. The van der Waals surface area contributed by atoms with Crippen molar-refractivity contribution in [1.29, 1.82) is 0 Å². The molecule has 0 spiro atoms. The predicted octanol–water partition coefficient (Wildman–Crippen LogP) is 9.75. The molecule has 35 heavy (non-hydrogen) atoms. The maximum absolute atomic E-state index is 13.2. The first-order chi connectivity index (χ1) is 15.7. The van der Waals surface area contributed by atoms with Crippen LogP contribution >= 0.6 is 11.6 Å². The Morgan fingerprint density at radius 1 is 0.343 bits per heavy atom. The lowest BCUT2D eigenvalue weighted by atomic mass is 9.94. The molecule has 0 heterocycles. The molecule has 0 nitrogen and oxygen atoms in total. The smallest absolute Gasteiger partial charge is 0.166 e. The van der Waals surface area contributed by atoms with Crippen LogP contribution in [-0.4, -0.2) is 0 Å². The van der Waals surface area contributed by atoms with E-state index in [0.29, 0.717) is 24.3 Å². The normalized spacial score (nSPS) is 13.3. The highest BCUT2D eigenvalue weighted by molar-refractivity contribution is 6.31. The average Bonchev–Trinajstić information content (AvgIpc) is 2.70. The van der Waals surface area contributed by atoms with Crippen molar-refractivity contribution in [2.45, 2.75) is 24.7 Å². The molecule has 188 valence electrons.